The molecule has 0 unspecified atom stereocenters. The number of unbranched alkanes of at least 4 members (excludes halogenated alkanes) is 2. The molecule has 0 aliphatic carbocycles. The third-order valence-corrected chi connectivity index (χ3v) is 3.23. The quantitative estimate of drug-likeness (QED) is 0.737. The molecule has 104 valence electrons. The zero-order valence-electron chi connectivity index (χ0n) is 11.5. The lowest BCUT2D eigenvalue weighted by Crippen LogP contribution is -2.07. The fourth-order valence-corrected chi connectivity index (χ4v) is 2.17. The van der Waals surface area contributed by atoms with E-state index in [0.29, 0.717) is 12.4 Å². The highest BCUT2D eigenvalue weighted by Crippen LogP contribution is 2.19. The van der Waals surface area contributed by atoms with E-state index in [4.69, 9.17) is 11.5 Å². The monoisotopic (exact) mass is 262 g/mol. The Morgan fingerprint density at radius 1 is 1.21 bits per heavy atom. The van der Waals surface area contributed by atoms with Gasteiger partial charge in [0.1, 0.15) is 12.2 Å². The van der Waals surface area contributed by atoms with Crippen molar-refractivity contribution in [1.29, 1.82) is 0 Å². The van der Waals surface area contributed by atoms with Gasteiger partial charge in [-0.3, -0.25) is 0 Å². The Kier molecular flexibility index (Phi) is 4.68. The lowest BCUT2D eigenvalue weighted by Gasteiger charge is -2.07. The molecule has 2 aromatic rings. The van der Waals surface area contributed by atoms with Crippen LogP contribution in [-0.2, 0) is 13.0 Å². The van der Waals surface area contributed by atoms with E-state index in [1.54, 1.807) is 0 Å². The second-order valence-corrected chi connectivity index (χ2v) is 4.71. The summed E-state index contributed by atoms with van der Waals surface area (Å²) in [6.07, 6.45) is 6.76. The van der Waals surface area contributed by atoms with E-state index in [1.165, 1.54) is 6.33 Å². The molecule has 0 saturated carbocycles. The van der Waals surface area contributed by atoms with Crippen LogP contribution in [0.3, 0.4) is 0 Å². The molecule has 0 radical (unpaired) electrons. The number of anilines is 1. The van der Waals surface area contributed by atoms with Crippen LogP contribution in [0, 0.1) is 0 Å². The van der Waals surface area contributed by atoms with Crippen molar-refractivity contribution in [3.05, 3.63) is 12.2 Å². The Labute approximate surface area is 113 Å². The van der Waals surface area contributed by atoms with E-state index in [0.717, 1.165) is 55.6 Å². The number of rotatable bonds is 7. The molecule has 0 atom stereocenters. The van der Waals surface area contributed by atoms with Gasteiger partial charge in [0.2, 0.25) is 0 Å². The van der Waals surface area contributed by atoms with E-state index >= 15 is 0 Å². The fraction of sp³-hybridized carbons (Fsp3) is 0.615. The van der Waals surface area contributed by atoms with Crippen LogP contribution in [0.25, 0.3) is 11.2 Å². The van der Waals surface area contributed by atoms with Gasteiger partial charge < -0.3 is 16.0 Å². The van der Waals surface area contributed by atoms with Crippen LogP contribution in [0.2, 0.25) is 0 Å². The third kappa shape index (κ3) is 3.01. The van der Waals surface area contributed by atoms with Crippen LogP contribution < -0.4 is 11.5 Å². The van der Waals surface area contributed by atoms with Crippen LogP contribution >= 0.6 is 0 Å². The van der Waals surface area contributed by atoms with Crippen molar-refractivity contribution >= 4 is 17.0 Å². The van der Waals surface area contributed by atoms with Crippen LogP contribution in [0.1, 0.15) is 38.4 Å². The van der Waals surface area contributed by atoms with Crippen molar-refractivity contribution in [2.45, 2.75) is 45.6 Å². The zero-order chi connectivity index (χ0) is 13.7. The summed E-state index contributed by atoms with van der Waals surface area (Å²) >= 11 is 0. The molecule has 0 aromatic carbocycles. The van der Waals surface area contributed by atoms with Crippen molar-refractivity contribution in [3.63, 3.8) is 0 Å². The highest BCUT2D eigenvalue weighted by atomic mass is 15.1. The van der Waals surface area contributed by atoms with Crippen molar-refractivity contribution < 1.29 is 0 Å². The molecule has 2 aromatic heterocycles. The van der Waals surface area contributed by atoms with Crippen molar-refractivity contribution in [2.75, 3.05) is 12.3 Å². The Balaban J connectivity index is 2.34. The molecule has 0 amide bonds. The van der Waals surface area contributed by atoms with E-state index in [1.807, 2.05) is 0 Å². The lowest BCUT2D eigenvalue weighted by molar-refractivity contribution is 0.589. The second-order valence-electron chi connectivity index (χ2n) is 4.71. The van der Waals surface area contributed by atoms with Gasteiger partial charge in [-0.2, -0.15) is 0 Å². The van der Waals surface area contributed by atoms with Gasteiger partial charge in [-0.1, -0.05) is 13.3 Å². The molecule has 2 rings (SSSR count). The Bertz CT molecular complexity index is 533. The third-order valence-electron chi connectivity index (χ3n) is 3.23. The summed E-state index contributed by atoms with van der Waals surface area (Å²) in [5.74, 6) is 1.52. The second kappa shape index (κ2) is 6.47. The molecule has 19 heavy (non-hydrogen) atoms. The van der Waals surface area contributed by atoms with Crippen LogP contribution in [0.4, 0.5) is 5.82 Å². The Morgan fingerprint density at radius 2 is 2.05 bits per heavy atom. The summed E-state index contributed by atoms with van der Waals surface area (Å²) in [6.45, 7) is 3.78. The molecular formula is C13H22N6. The van der Waals surface area contributed by atoms with E-state index in [9.17, 15) is 0 Å². The predicted octanol–water partition coefficient (Wildman–Crippen LogP) is 1.49. The summed E-state index contributed by atoms with van der Waals surface area (Å²) < 4.78 is 2.17. The summed E-state index contributed by atoms with van der Waals surface area (Å²) in [5, 5.41) is 0. The van der Waals surface area contributed by atoms with Crippen LogP contribution in [0.5, 0.6) is 0 Å². The maximum atomic E-state index is 5.87. The van der Waals surface area contributed by atoms with Crippen molar-refractivity contribution in [3.8, 4) is 0 Å². The molecule has 6 heteroatoms. The number of aryl methyl sites for hydroxylation is 2. The minimum Gasteiger partial charge on any atom is -0.382 e. The number of fused-ring (bicyclic) bond motifs is 1. The molecule has 0 saturated heterocycles. The topological polar surface area (TPSA) is 95.6 Å². The molecule has 4 N–H and O–H groups in total. The van der Waals surface area contributed by atoms with Gasteiger partial charge in [-0.25, -0.2) is 15.0 Å². The van der Waals surface area contributed by atoms with Gasteiger partial charge in [-0.05, 0) is 25.8 Å². The van der Waals surface area contributed by atoms with Gasteiger partial charge in [-0.15, -0.1) is 0 Å². The van der Waals surface area contributed by atoms with Crippen LogP contribution in [0.15, 0.2) is 6.33 Å². The number of aromatic nitrogens is 4. The van der Waals surface area contributed by atoms with E-state index in [-0.39, 0.29) is 0 Å². The minimum atomic E-state index is 0.459. The molecule has 0 aliphatic heterocycles. The Morgan fingerprint density at radius 3 is 2.79 bits per heavy atom. The van der Waals surface area contributed by atoms with Gasteiger partial charge >= 0.3 is 0 Å². The number of imidazole rings is 1. The lowest BCUT2D eigenvalue weighted by atomic mass is 10.2. The van der Waals surface area contributed by atoms with Crippen LogP contribution in [-0.4, -0.2) is 26.1 Å². The first-order chi connectivity index (χ1) is 9.27. The van der Waals surface area contributed by atoms with Gasteiger partial charge in [0.15, 0.2) is 17.0 Å². The number of hydrogen-bond donors (Lipinski definition) is 2. The van der Waals surface area contributed by atoms with Gasteiger partial charge in [0.05, 0.1) is 0 Å². The predicted molar refractivity (Wildman–Crippen MR) is 76.6 cm³/mol. The average Bonchev–Trinajstić information content (AvgIpc) is 2.77. The summed E-state index contributed by atoms with van der Waals surface area (Å²) in [5.41, 5.74) is 13.0. The normalized spacial score (nSPS) is 11.3. The highest BCUT2D eigenvalue weighted by molar-refractivity contribution is 5.81. The number of hydrogen-bond acceptors (Lipinski definition) is 5. The average molecular weight is 262 g/mol. The van der Waals surface area contributed by atoms with E-state index in [2.05, 4.69) is 26.4 Å². The number of nitrogens with zero attached hydrogens (tertiary/aromatic N) is 4. The maximum absolute atomic E-state index is 5.87. The molecule has 0 fully saturated rings. The first-order valence-corrected chi connectivity index (χ1v) is 6.93. The molecule has 0 spiro atoms. The number of nitrogens with two attached hydrogens (primary N) is 2. The highest BCUT2D eigenvalue weighted by Gasteiger charge is 2.13. The molecule has 0 aliphatic rings. The minimum absolute atomic E-state index is 0.459. The smallest absolute Gasteiger partial charge is 0.165 e. The zero-order valence-corrected chi connectivity index (χ0v) is 11.5. The summed E-state index contributed by atoms with van der Waals surface area (Å²) in [6, 6.07) is 0. The standard InChI is InChI=1S/C13H22N6/c1-2-3-6-10-18-11-12(15)16-9-17-13(11)19(10)8-5-4-7-14/h9H,2-8,14H2,1H3,(H2,15,16,17). The SMILES string of the molecule is CCCCc1nc2c(N)ncnc2n1CCCCN. The number of nitrogen functional groups attached to an aromatic ring is 1. The first-order valence-electron chi connectivity index (χ1n) is 6.93. The Hall–Kier alpha value is -1.69. The molecule has 6 nitrogen and oxygen atoms in total. The fourth-order valence-electron chi connectivity index (χ4n) is 2.17. The molecule has 2 heterocycles. The van der Waals surface area contributed by atoms with Crippen molar-refractivity contribution in [1.82, 2.24) is 19.5 Å². The molecule has 0 bridgehead atoms. The summed E-state index contributed by atoms with van der Waals surface area (Å²) in [4.78, 5) is 12.9. The van der Waals surface area contributed by atoms with Gasteiger partial charge in [0.25, 0.3) is 0 Å². The molecular weight excluding hydrogens is 240 g/mol. The van der Waals surface area contributed by atoms with Crippen molar-refractivity contribution in [2.24, 2.45) is 5.73 Å². The van der Waals surface area contributed by atoms with Gasteiger partial charge in [0, 0.05) is 13.0 Å². The maximum Gasteiger partial charge on any atom is 0.165 e. The largest absolute Gasteiger partial charge is 0.382 e. The summed E-state index contributed by atoms with van der Waals surface area (Å²) in [7, 11) is 0. The van der Waals surface area contributed by atoms with E-state index < -0.39 is 0 Å². The first kappa shape index (κ1) is 13.7.